The molecule has 6 nitrogen and oxygen atoms in total. The first kappa shape index (κ1) is 19.0. The summed E-state index contributed by atoms with van der Waals surface area (Å²) < 4.78 is 10.7. The van der Waals surface area contributed by atoms with E-state index < -0.39 is 18.2 Å². The number of amides is 1. The van der Waals surface area contributed by atoms with Crippen molar-refractivity contribution in [1.82, 2.24) is 0 Å². The zero-order valence-corrected chi connectivity index (χ0v) is 14.1. The summed E-state index contributed by atoms with van der Waals surface area (Å²) in [7, 11) is 0. The molecule has 0 aromatic heterocycles. The van der Waals surface area contributed by atoms with Crippen LogP contribution in [0.3, 0.4) is 0 Å². The van der Waals surface area contributed by atoms with Crippen LogP contribution >= 0.6 is 0 Å². The molecule has 1 aromatic carbocycles. The quantitative estimate of drug-likeness (QED) is 0.730. The maximum atomic E-state index is 12.5. The van der Waals surface area contributed by atoms with E-state index in [0.717, 1.165) is 0 Å². The molecule has 0 fully saturated rings. The lowest BCUT2D eigenvalue weighted by molar-refractivity contribution is -0.141. The van der Waals surface area contributed by atoms with Crippen LogP contribution in [0, 0.1) is 5.92 Å². The van der Waals surface area contributed by atoms with Crippen LogP contribution in [0.15, 0.2) is 24.3 Å². The van der Waals surface area contributed by atoms with Crippen molar-refractivity contribution in [2.24, 2.45) is 5.92 Å². The van der Waals surface area contributed by atoms with E-state index >= 15 is 0 Å². The fraction of sp³-hybridized carbons (Fsp3) is 0.529. The van der Waals surface area contributed by atoms with Gasteiger partial charge in [-0.2, -0.15) is 0 Å². The van der Waals surface area contributed by atoms with Crippen LogP contribution in [-0.4, -0.2) is 35.8 Å². The summed E-state index contributed by atoms with van der Waals surface area (Å²) in [6.45, 7) is 7.79. The van der Waals surface area contributed by atoms with Crippen LogP contribution in [0.1, 0.15) is 34.1 Å². The SMILES string of the molecule is CCO[C@](C)(CC(C)C)C(=O)Nc1ccc(OCC(=O)O)cc1. The van der Waals surface area contributed by atoms with Gasteiger partial charge in [-0.25, -0.2) is 4.79 Å². The van der Waals surface area contributed by atoms with Crippen LogP contribution in [0.2, 0.25) is 0 Å². The van der Waals surface area contributed by atoms with Crippen molar-refractivity contribution in [3.8, 4) is 5.75 Å². The summed E-state index contributed by atoms with van der Waals surface area (Å²) in [6.07, 6.45) is 0.618. The molecule has 0 spiro atoms. The molecule has 1 atom stereocenters. The third-order valence-corrected chi connectivity index (χ3v) is 3.22. The molecule has 2 N–H and O–H groups in total. The summed E-state index contributed by atoms with van der Waals surface area (Å²) in [4.78, 5) is 23.0. The third-order valence-electron chi connectivity index (χ3n) is 3.22. The zero-order chi connectivity index (χ0) is 17.5. The number of ether oxygens (including phenoxy) is 2. The van der Waals surface area contributed by atoms with Crippen molar-refractivity contribution in [2.75, 3.05) is 18.5 Å². The van der Waals surface area contributed by atoms with E-state index in [-0.39, 0.29) is 5.91 Å². The second-order valence-corrected chi connectivity index (χ2v) is 5.92. The summed E-state index contributed by atoms with van der Waals surface area (Å²) >= 11 is 0. The smallest absolute Gasteiger partial charge is 0.341 e. The van der Waals surface area contributed by atoms with Gasteiger partial charge in [0.2, 0.25) is 0 Å². The van der Waals surface area contributed by atoms with Crippen LogP contribution in [0.4, 0.5) is 5.69 Å². The molecule has 0 aliphatic carbocycles. The van der Waals surface area contributed by atoms with Crippen LogP contribution < -0.4 is 10.1 Å². The Balaban J connectivity index is 2.72. The molecule has 1 aromatic rings. The summed E-state index contributed by atoms with van der Waals surface area (Å²) in [5, 5.41) is 11.4. The molecule has 23 heavy (non-hydrogen) atoms. The fourth-order valence-electron chi connectivity index (χ4n) is 2.36. The number of carbonyl (C=O) groups excluding carboxylic acids is 1. The standard InChI is InChI=1S/C17H25NO5/c1-5-23-17(4,10-12(2)3)16(21)18-13-6-8-14(9-7-13)22-11-15(19)20/h6-9,12H,5,10-11H2,1-4H3,(H,18,21)(H,19,20)/t17-/m1/s1. The van der Waals surface area contributed by atoms with E-state index in [1.165, 1.54) is 0 Å². The first-order valence-electron chi connectivity index (χ1n) is 7.67. The predicted octanol–water partition coefficient (Wildman–Crippen LogP) is 2.93. The van der Waals surface area contributed by atoms with Crippen LogP contribution in [0.5, 0.6) is 5.75 Å². The third kappa shape index (κ3) is 6.28. The fourth-order valence-corrected chi connectivity index (χ4v) is 2.36. The highest BCUT2D eigenvalue weighted by Crippen LogP contribution is 2.24. The maximum Gasteiger partial charge on any atom is 0.341 e. The van der Waals surface area contributed by atoms with Crippen molar-refractivity contribution < 1.29 is 24.2 Å². The first-order valence-corrected chi connectivity index (χ1v) is 7.67. The molecule has 0 bridgehead atoms. The second-order valence-electron chi connectivity index (χ2n) is 5.92. The molecule has 0 aliphatic rings. The number of carboxylic acids is 1. The Morgan fingerprint density at radius 1 is 1.26 bits per heavy atom. The van der Waals surface area contributed by atoms with Gasteiger partial charge in [0.15, 0.2) is 6.61 Å². The van der Waals surface area contributed by atoms with Gasteiger partial charge in [-0.15, -0.1) is 0 Å². The number of rotatable bonds is 9. The molecule has 1 amide bonds. The normalized spacial score (nSPS) is 13.4. The average Bonchev–Trinajstić information content (AvgIpc) is 2.45. The van der Waals surface area contributed by atoms with E-state index in [9.17, 15) is 9.59 Å². The molecule has 0 saturated heterocycles. The number of carboxylic acid groups (broad SMARTS) is 1. The lowest BCUT2D eigenvalue weighted by atomic mass is 9.93. The number of hydrogen-bond donors (Lipinski definition) is 2. The molecule has 0 heterocycles. The van der Waals surface area contributed by atoms with Crippen LogP contribution in [-0.2, 0) is 14.3 Å². The molecule has 0 unspecified atom stereocenters. The Hall–Kier alpha value is -2.08. The number of benzene rings is 1. The zero-order valence-electron chi connectivity index (χ0n) is 14.1. The van der Waals surface area contributed by atoms with Gasteiger partial charge in [-0.3, -0.25) is 4.79 Å². The molecule has 0 radical (unpaired) electrons. The van der Waals surface area contributed by atoms with E-state index in [2.05, 4.69) is 5.32 Å². The van der Waals surface area contributed by atoms with E-state index in [1.807, 2.05) is 20.8 Å². The van der Waals surface area contributed by atoms with Crippen molar-refractivity contribution in [3.63, 3.8) is 0 Å². The van der Waals surface area contributed by atoms with Gasteiger partial charge in [-0.1, -0.05) is 13.8 Å². The van der Waals surface area contributed by atoms with Gasteiger partial charge in [-0.05, 0) is 50.5 Å². The topological polar surface area (TPSA) is 84.9 Å². The Morgan fingerprint density at radius 3 is 2.35 bits per heavy atom. The molecule has 1 rings (SSSR count). The number of aliphatic carboxylic acids is 1. The Kier molecular flexibility index (Phi) is 7.03. The number of hydrogen-bond acceptors (Lipinski definition) is 4. The summed E-state index contributed by atoms with van der Waals surface area (Å²) in [6, 6.07) is 6.55. The van der Waals surface area contributed by atoms with Gasteiger partial charge in [0.1, 0.15) is 11.4 Å². The van der Waals surface area contributed by atoms with Crippen LogP contribution in [0.25, 0.3) is 0 Å². The monoisotopic (exact) mass is 323 g/mol. The minimum Gasteiger partial charge on any atom is -0.482 e. The van der Waals surface area contributed by atoms with Gasteiger partial charge in [0, 0.05) is 12.3 Å². The average molecular weight is 323 g/mol. The maximum absolute atomic E-state index is 12.5. The van der Waals surface area contributed by atoms with Crippen molar-refractivity contribution in [1.29, 1.82) is 0 Å². The van der Waals surface area contributed by atoms with Gasteiger partial charge >= 0.3 is 5.97 Å². The lowest BCUT2D eigenvalue weighted by Crippen LogP contribution is -2.43. The lowest BCUT2D eigenvalue weighted by Gasteiger charge is -2.29. The first-order chi connectivity index (χ1) is 10.8. The molecule has 0 saturated carbocycles. The van der Waals surface area contributed by atoms with Gasteiger partial charge < -0.3 is 19.9 Å². The molecule has 0 aliphatic heterocycles. The predicted molar refractivity (Wildman–Crippen MR) is 87.7 cm³/mol. The number of nitrogens with one attached hydrogen (secondary N) is 1. The van der Waals surface area contributed by atoms with E-state index in [1.54, 1.807) is 31.2 Å². The molecule has 128 valence electrons. The van der Waals surface area contributed by atoms with Gasteiger partial charge in [0.25, 0.3) is 5.91 Å². The second kappa shape index (κ2) is 8.53. The highest BCUT2D eigenvalue weighted by Gasteiger charge is 2.34. The Labute approximate surface area is 136 Å². The van der Waals surface area contributed by atoms with Gasteiger partial charge in [0.05, 0.1) is 0 Å². The minimum atomic E-state index is -1.04. The summed E-state index contributed by atoms with van der Waals surface area (Å²) in [5.74, 6) is -0.486. The largest absolute Gasteiger partial charge is 0.482 e. The number of anilines is 1. The Bertz CT molecular complexity index is 526. The summed E-state index contributed by atoms with van der Waals surface area (Å²) in [5.41, 5.74) is -0.283. The highest BCUT2D eigenvalue weighted by molar-refractivity contribution is 5.97. The highest BCUT2D eigenvalue weighted by atomic mass is 16.5. The number of carbonyl (C=O) groups is 2. The molecule has 6 heteroatoms. The van der Waals surface area contributed by atoms with Crippen molar-refractivity contribution in [2.45, 2.75) is 39.7 Å². The molecular formula is C17H25NO5. The van der Waals surface area contributed by atoms with Crippen molar-refractivity contribution >= 4 is 17.6 Å². The van der Waals surface area contributed by atoms with Crippen molar-refractivity contribution in [3.05, 3.63) is 24.3 Å². The van der Waals surface area contributed by atoms with E-state index in [0.29, 0.717) is 30.4 Å². The minimum absolute atomic E-state index is 0.202. The van der Waals surface area contributed by atoms with E-state index in [4.69, 9.17) is 14.6 Å². The molecular weight excluding hydrogens is 298 g/mol. The Morgan fingerprint density at radius 2 is 1.87 bits per heavy atom.